The highest BCUT2D eigenvalue weighted by Gasteiger charge is 2.19. The highest BCUT2D eigenvalue weighted by atomic mass is 35.5. The molecular weight excluding hydrogens is 397 g/mol. The first kappa shape index (κ1) is 18.1. The Morgan fingerprint density at radius 2 is 1.88 bits per heavy atom. The van der Waals surface area contributed by atoms with Crippen LogP contribution in [0.15, 0.2) is 53.6 Å². The number of aromatic nitrogens is 2. The maximum atomic E-state index is 12.7. The van der Waals surface area contributed by atoms with Gasteiger partial charge in [-0.1, -0.05) is 35.3 Å². The Balaban J connectivity index is 2.04. The maximum absolute atomic E-state index is 12.7. The van der Waals surface area contributed by atoms with Crippen LogP contribution < -0.4 is 10.5 Å². The molecule has 10 heteroatoms. The number of nitrogens with two attached hydrogens (primary N) is 1. The molecular formula is C16H11Cl2N5O2S. The van der Waals surface area contributed by atoms with Gasteiger partial charge in [0.1, 0.15) is 17.5 Å². The van der Waals surface area contributed by atoms with E-state index in [0.29, 0.717) is 5.69 Å². The van der Waals surface area contributed by atoms with Gasteiger partial charge in [0.15, 0.2) is 0 Å². The molecule has 132 valence electrons. The molecule has 7 nitrogen and oxygen atoms in total. The molecule has 3 N–H and O–H groups in total. The minimum atomic E-state index is -3.93. The first-order valence-electron chi connectivity index (χ1n) is 7.14. The molecule has 3 rings (SSSR count). The standard InChI is InChI=1S/C16H11Cl2N5O2S/c17-12-6-5-11(7-13(12)18)26(24,25)22-14-3-1-2-4-15(14)23-16(20)10(8-19)9-21-23/h1-7,9,22H,20H2. The Bertz CT molecular complexity index is 1140. The smallest absolute Gasteiger partial charge is 0.262 e. The Morgan fingerprint density at radius 1 is 1.15 bits per heavy atom. The SMILES string of the molecule is N#Cc1cnn(-c2ccccc2NS(=O)(=O)c2ccc(Cl)c(Cl)c2)c1N. The highest BCUT2D eigenvalue weighted by molar-refractivity contribution is 7.92. The van der Waals surface area contributed by atoms with E-state index in [4.69, 9.17) is 34.2 Å². The predicted octanol–water partition coefficient (Wildman–Crippen LogP) is 3.43. The number of sulfonamides is 1. The number of nitrogen functional groups attached to an aromatic ring is 1. The second kappa shape index (κ2) is 6.88. The number of benzene rings is 2. The van der Waals surface area contributed by atoms with E-state index in [1.54, 1.807) is 24.3 Å². The van der Waals surface area contributed by atoms with Gasteiger partial charge < -0.3 is 5.73 Å². The average molecular weight is 408 g/mol. The van der Waals surface area contributed by atoms with Crippen molar-refractivity contribution in [2.75, 3.05) is 10.5 Å². The van der Waals surface area contributed by atoms with Crippen LogP contribution in [0.2, 0.25) is 10.0 Å². The number of nitrogens with zero attached hydrogens (tertiary/aromatic N) is 3. The van der Waals surface area contributed by atoms with Gasteiger partial charge in [0.05, 0.1) is 32.5 Å². The number of nitrogens with one attached hydrogen (secondary N) is 1. The fourth-order valence-corrected chi connectivity index (χ4v) is 3.69. The summed E-state index contributed by atoms with van der Waals surface area (Å²) < 4.78 is 29.1. The molecule has 0 spiro atoms. The van der Waals surface area contributed by atoms with Crippen LogP contribution in [0.3, 0.4) is 0 Å². The number of hydrogen-bond acceptors (Lipinski definition) is 5. The summed E-state index contributed by atoms with van der Waals surface area (Å²) in [6, 6.07) is 12.4. The van der Waals surface area contributed by atoms with E-state index in [0.717, 1.165) is 0 Å². The summed E-state index contributed by atoms with van der Waals surface area (Å²) in [6.45, 7) is 0. The molecule has 0 fully saturated rings. The van der Waals surface area contributed by atoms with Gasteiger partial charge in [-0.15, -0.1) is 0 Å². The maximum Gasteiger partial charge on any atom is 0.262 e. The molecule has 0 amide bonds. The lowest BCUT2D eigenvalue weighted by atomic mass is 10.2. The van der Waals surface area contributed by atoms with Gasteiger partial charge in [-0.05, 0) is 30.3 Å². The second-order valence-electron chi connectivity index (χ2n) is 5.17. The number of rotatable bonds is 4. The minimum absolute atomic E-state index is 0.0483. The molecule has 2 aromatic carbocycles. The van der Waals surface area contributed by atoms with Crippen LogP contribution in [0.1, 0.15) is 5.56 Å². The van der Waals surface area contributed by atoms with Crippen molar-refractivity contribution in [3.63, 3.8) is 0 Å². The third-order valence-electron chi connectivity index (χ3n) is 3.50. The molecule has 0 aliphatic rings. The molecule has 1 aromatic heterocycles. The summed E-state index contributed by atoms with van der Waals surface area (Å²) in [4.78, 5) is -0.0483. The third-order valence-corrected chi connectivity index (χ3v) is 5.61. The molecule has 0 aliphatic carbocycles. The number of hydrogen-bond donors (Lipinski definition) is 2. The zero-order valence-electron chi connectivity index (χ0n) is 13.0. The van der Waals surface area contributed by atoms with Crippen molar-refractivity contribution in [3.8, 4) is 11.8 Å². The van der Waals surface area contributed by atoms with E-state index in [1.807, 2.05) is 6.07 Å². The van der Waals surface area contributed by atoms with E-state index in [-0.39, 0.29) is 32.0 Å². The van der Waals surface area contributed by atoms with Crippen LogP contribution in [0.5, 0.6) is 0 Å². The van der Waals surface area contributed by atoms with Gasteiger partial charge in [0.25, 0.3) is 10.0 Å². The zero-order chi connectivity index (χ0) is 18.9. The number of halogens is 2. The van der Waals surface area contributed by atoms with Crippen molar-refractivity contribution in [1.29, 1.82) is 5.26 Å². The molecule has 0 atom stereocenters. The largest absolute Gasteiger partial charge is 0.382 e. The van der Waals surface area contributed by atoms with Crippen molar-refractivity contribution < 1.29 is 8.42 Å². The predicted molar refractivity (Wildman–Crippen MR) is 100.0 cm³/mol. The monoisotopic (exact) mass is 407 g/mol. The van der Waals surface area contributed by atoms with Crippen molar-refractivity contribution in [3.05, 3.63) is 64.3 Å². The van der Waals surface area contributed by atoms with E-state index in [9.17, 15) is 8.42 Å². The topological polar surface area (TPSA) is 114 Å². The van der Waals surface area contributed by atoms with Crippen molar-refractivity contribution in [2.45, 2.75) is 4.90 Å². The summed E-state index contributed by atoms with van der Waals surface area (Å²) in [7, 11) is -3.93. The summed E-state index contributed by atoms with van der Waals surface area (Å²) >= 11 is 11.7. The lowest BCUT2D eigenvalue weighted by Crippen LogP contribution is -2.15. The number of anilines is 2. The summed E-state index contributed by atoms with van der Waals surface area (Å²) in [5.74, 6) is 0.105. The molecule has 0 saturated carbocycles. The van der Waals surface area contributed by atoms with Crippen LogP contribution in [-0.2, 0) is 10.0 Å². The quantitative estimate of drug-likeness (QED) is 0.687. The van der Waals surface area contributed by atoms with Crippen molar-refractivity contribution in [2.24, 2.45) is 0 Å². The van der Waals surface area contributed by atoms with Gasteiger partial charge in [-0.25, -0.2) is 13.1 Å². The van der Waals surface area contributed by atoms with E-state index in [2.05, 4.69) is 9.82 Å². The minimum Gasteiger partial charge on any atom is -0.382 e. The van der Waals surface area contributed by atoms with Crippen molar-refractivity contribution in [1.82, 2.24) is 9.78 Å². The fourth-order valence-electron chi connectivity index (χ4n) is 2.23. The molecule has 0 saturated heterocycles. The highest BCUT2D eigenvalue weighted by Crippen LogP contribution is 2.28. The Hall–Kier alpha value is -2.73. The molecule has 0 aliphatic heterocycles. The van der Waals surface area contributed by atoms with E-state index < -0.39 is 10.0 Å². The summed E-state index contributed by atoms with van der Waals surface area (Å²) in [5, 5.41) is 13.4. The van der Waals surface area contributed by atoms with E-state index >= 15 is 0 Å². The number of nitriles is 1. The Labute approximate surface area is 159 Å². The fraction of sp³-hybridized carbons (Fsp3) is 0. The third kappa shape index (κ3) is 3.32. The molecule has 0 radical (unpaired) electrons. The molecule has 3 aromatic rings. The zero-order valence-corrected chi connectivity index (χ0v) is 15.3. The molecule has 1 heterocycles. The normalized spacial score (nSPS) is 11.1. The first-order chi connectivity index (χ1) is 12.3. The van der Waals surface area contributed by atoms with Crippen LogP contribution >= 0.6 is 23.2 Å². The average Bonchev–Trinajstić information content (AvgIpc) is 2.98. The molecule has 26 heavy (non-hydrogen) atoms. The van der Waals surface area contributed by atoms with Gasteiger partial charge in [0, 0.05) is 0 Å². The van der Waals surface area contributed by atoms with E-state index in [1.165, 1.54) is 29.1 Å². The van der Waals surface area contributed by atoms with Crippen LogP contribution in [0, 0.1) is 11.3 Å². The molecule has 0 bridgehead atoms. The lowest BCUT2D eigenvalue weighted by Gasteiger charge is -2.14. The number of para-hydroxylation sites is 2. The van der Waals surface area contributed by atoms with Gasteiger partial charge in [-0.2, -0.15) is 10.4 Å². The van der Waals surface area contributed by atoms with Crippen LogP contribution in [0.25, 0.3) is 5.69 Å². The van der Waals surface area contributed by atoms with Crippen LogP contribution in [-0.4, -0.2) is 18.2 Å². The van der Waals surface area contributed by atoms with Crippen molar-refractivity contribution >= 4 is 44.7 Å². The Kier molecular flexibility index (Phi) is 4.78. The molecule has 0 unspecified atom stereocenters. The van der Waals surface area contributed by atoms with Gasteiger partial charge in [0.2, 0.25) is 0 Å². The Morgan fingerprint density at radius 3 is 2.54 bits per heavy atom. The van der Waals surface area contributed by atoms with Gasteiger partial charge >= 0.3 is 0 Å². The lowest BCUT2D eigenvalue weighted by molar-refractivity contribution is 0.601. The summed E-state index contributed by atoms with van der Waals surface area (Å²) in [5.41, 5.74) is 6.69. The first-order valence-corrected chi connectivity index (χ1v) is 9.38. The van der Waals surface area contributed by atoms with Gasteiger partial charge in [-0.3, -0.25) is 4.72 Å². The second-order valence-corrected chi connectivity index (χ2v) is 7.66. The van der Waals surface area contributed by atoms with Crippen LogP contribution in [0.4, 0.5) is 11.5 Å². The summed E-state index contributed by atoms with van der Waals surface area (Å²) in [6.07, 6.45) is 1.31.